The van der Waals surface area contributed by atoms with E-state index in [0.717, 1.165) is 11.3 Å². The maximum Gasteiger partial charge on any atom is 0.252 e. The van der Waals surface area contributed by atoms with E-state index < -0.39 is 0 Å². The molecule has 21 heavy (non-hydrogen) atoms. The molecule has 0 aromatic heterocycles. The van der Waals surface area contributed by atoms with Crippen molar-refractivity contribution in [1.82, 2.24) is 5.32 Å². The van der Waals surface area contributed by atoms with Gasteiger partial charge in [0.25, 0.3) is 5.91 Å². The minimum atomic E-state index is -0.229. The molecule has 0 bridgehead atoms. The summed E-state index contributed by atoms with van der Waals surface area (Å²) in [6.45, 7) is 0.519. The van der Waals surface area contributed by atoms with Gasteiger partial charge in [0, 0.05) is 29.3 Å². The second kappa shape index (κ2) is 7.03. The average molecular weight is 344 g/mol. The summed E-state index contributed by atoms with van der Waals surface area (Å²) < 4.78 is 0. The van der Waals surface area contributed by atoms with Crippen LogP contribution in [0.25, 0.3) is 0 Å². The normalized spacial score (nSPS) is 10.3. The molecule has 0 saturated carbocycles. The van der Waals surface area contributed by atoms with Gasteiger partial charge in [-0.05, 0) is 35.9 Å². The van der Waals surface area contributed by atoms with E-state index in [1.807, 2.05) is 6.07 Å². The highest BCUT2D eigenvalue weighted by molar-refractivity contribution is 6.35. The first-order valence-electron chi connectivity index (χ1n) is 6.20. The molecule has 2 rings (SSSR count). The quantitative estimate of drug-likeness (QED) is 0.850. The zero-order valence-electron chi connectivity index (χ0n) is 11.2. The third-order valence-corrected chi connectivity index (χ3v) is 3.85. The standard InChI is InChI=1S/C15H13Cl3N2O/c1-19-15(21)12-7-11(4-5-13(12)17)20-8-9-2-3-10(16)6-14(9)18/h2-7,20H,8H2,1H3,(H,19,21). The van der Waals surface area contributed by atoms with Crippen LogP contribution < -0.4 is 10.6 Å². The molecule has 0 fully saturated rings. The van der Waals surface area contributed by atoms with E-state index in [1.54, 1.807) is 37.4 Å². The summed E-state index contributed by atoms with van der Waals surface area (Å²) in [5.41, 5.74) is 2.12. The Hall–Kier alpha value is -1.42. The summed E-state index contributed by atoms with van der Waals surface area (Å²) in [7, 11) is 1.56. The van der Waals surface area contributed by atoms with Crippen molar-refractivity contribution in [2.45, 2.75) is 6.54 Å². The van der Waals surface area contributed by atoms with Crippen molar-refractivity contribution in [3.63, 3.8) is 0 Å². The van der Waals surface area contributed by atoms with Crippen LogP contribution in [0.3, 0.4) is 0 Å². The summed E-state index contributed by atoms with van der Waals surface area (Å²) in [6, 6.07) is 10.5. The molecule has 2 N–H and O–H groups in total. The SMILES string of the molecule is CNC(=O)c1cc(NCc2ccc(Cl)cc2Cl)ccc1Cl. The zero-order valence-corrected chi connectivity index (χ0v) is 13.5. The lowest BCUT2D eigenvalue weighted by molar-refractivity contribution is 0.0963. The third-order valence-electron chi connectivity index (χ3n) is 2.94. The number of anilines is 1. The Morgan fingerprint density at radius 3 is 2.48 bits per heavy atom. The van der Waals surface area contributed by atoms with Crippen molar-refractivity contribution in [3.8, 4) is 0 Å². The van der Waals surface area contributed by atoms with Crippen molar-refractivity contribution >= 4 is 46.4 Å². The first-order chi connectivity index (χ1) is 10.0. The molecule has 0 spiro atoms. The Kier molecular flexibility index (Phi) is 5.34. The van der Waals surface area contributed by atoms with Crippen molar-refractivity contribution in [2.75, 3.05) is 12.4 Å². The Morgan fingerprint density at radius 2 is 1.81 bits per heavy atom. The molecule has 0 aliphatic rings. The minimum absolute atomic E-state index is 0.229. The molecular weight excluding hydrogens is 331 g/mol. The molecule has 0 aliphatic carbocycles. The first-order valence-corrected chi connectivity index (χ1v) is 7.34. The summed E-state index contributed by atoms with van der Waals surface area (Å²) >= 11 is 18.0. The molecule has 0 radical (unpaired) electrons. The van der Waals surface area contributed by atoms with Crippen LogP contribution in [0.4, 0.5) is 5.69 Å². The van der Waals surface area contributed by atoms with Crippen LogP contribution in [0.5, 0.6) is 0 Å². The monoisotopic (exact) mass is 342 g/mol. The minimum Gasteiger partial charge on any atom is -0.381 e. The highest BCUT2D eigenvalue weighted by Gasteiger charge is 2.09. The van der Waals surface area contributed by atoms with Gasteiger partial charge in [0.05, 0.1) is 10.6 Å². The number of hydrogen-bond donors (Lipinski definition) is 2. The predicted molar refractivity (Wildman–Crippen MR) is 88.6 cm³/mol. The van der Waals surface area contributed by atoms with Crippen LogP contribution in [0.1, 0.15) is 15.9 Å². The van der Waals surface area contributed by atoms with Gasteiger partial charge in [-0.15, -0.1) is 0 Å². The lowest BCUT2D eigenvalue weighted by atomic mass is 10.1. The molecule has 6 heteroatoms. The number of nitrogens with one attached hydrogen (secondary N) is 2. The number of carbonyl (C=O) groups is 1. The van der Waals surface area contributed by atoms with E-state index in [4.69, 9.17) is 34.8 Å². The molecule has 2 aromatic carbocycles. The Balaban J connectivity index is 2.15. The molecule has 1 amide bonds. The van der Waals surface area contributed by atoms with E-state index >= 15 is 0 Å². The molecule has 3 nitrogen and oxygen atoms in total. The molecule has 0 unspecified atom stereocenters. The van der Waals surface area contributed by atoms with Crippen molar-refractivity contribution in [3.05, 3.63) is 62.6 Å². The smallest absolute Gasteiger partial charge is 0.252 e. The fraction of sp³-hybridized carbons (Fsp3) is 0.133. The van der Waals surface area contributed by atoms with Gasteiger partial charge in [0.2, 0.25) is 0 Å². The van der Waals surface area contributed by atoms with E-state index in [-0.39, 0.29) is 5.91 Å². The summed E-state index contributed by atoms with van der Waals surface area (Å²) in [4.78, 5) is 11.7. The topological polar surface area (TPSA) is 41.1 Å². The van der Waals surface area contributed by atoms with Gasteiger partial charge in [-0.2, -0.15) is 0 Å². The summed E-state index contributed by atoms with van der Waals surface area (Å²) in [6.07, 6.45) is 0. The van der Waals surface area contributed by atoms with Crippen LogP contribution in [-0.4, -0.2) is 13.0 Å². The van der Waals surface area contributed by atoms with Crippen LogP contribution in [0.2, 0.25) is 15.1 Å². The fourth-order valence-electron chi connectivity index (χ4n) is 1.81. The molecule has 0 heterocycles. The summed E-state index contributed by atoms with van der Waals surface area (Å²) in [5, 5.41) is 7.35. The fourth-order valence-corrected chi connectivity index (χ4v) is 2.48. The third kappa shape index (κ3) is 4.03. The largest absolute Gasteiger partial charge is 0.381 e. The number of amides is 1. The lowest BCUT2D eigenvalue weighted by Crippen LogP contribution is -2.18. The molecule has 0 atom stereocenters. The second-order valence-corrected chi connectivity index (χ2v) is 5.61. The van der Waals surface area contributed by atoms with E-state index in [1.165, 1.54) is 0 Å². The van der Waals surface area contributed by atoms with Gasteiger partial charge in [-0.3, -0.25) is 4.79 Å². The van der Waals surface area contributed by atoms with Crippen molar-refractivity contribution < 1.29 is 4.79 Å². The molecule has 0 aliphatic heterocycles. The molecule has 0 saturated heterocycles. The van der Waals surface area contributed by atoms with Crippen molar-refractivity contribution in [2.24, 2.45) is 0 Å². The Morgan fingerprint density at radius 1 is 1.05 bits per heavy atom. The van der Waals surface area contributed by atoms with Gasteiger partial charge in [-0.1, -0.05) is 40.9 Å². The van der Waals surface area contributed by atoms with Gasteiger partial charge < -0.3 is 10.6 Å². The number of benzene rings is 2. The first kappa shape index (κ1) is 16.0. The van der Waals surface area contributed by atoms with Gasteiger partial charge >= 0.3 is 0 Å². The number of halogens is 3. The number of hydrogen-bond acceptors (Lipinski definition) is 2. The van der Waals surface area contributed by atoms with E-state index in [0.29, 0.717) is 27.2 Å². The average Bonchev–Trinajstić information content (AvgIpc) is 2.47. The van der Waals surface area contributed by atoms with Crippen molar-refractivity contribution in [1.29, 1.82) is 0 Å². The van der Waals surface area contributed by atoms with Crippen LogP contribution in [0.15, 0.2) is 36.4 Å². The maximum atomic E-state index is 11.7. The van der Waals surface area contributed by atoms with E-state index in [2.05, 4.69) is 10.6 Å². The zero-order chi connectivity index (χ0) is 15.4. The maximum absolute atomic E-state index is 11.7. The number of carbonyl (C=O) groups excluding carboxylic acids is 1. The molecule has 2 aromatic rings. The molecular formula is C15H13Cl3N2O. The Bertz CT molecular complexity index is 674. The van der Waals surface area contributed by atoms with Gasteiger partial charge in [0.15, 0.2) is 0 Å². The Labute approximate surface area is 138 Å². The molecule has 110 valence electrons. The number of rotatable bonds is 4. The van der Waals surface area contributed by atoms with Crippen LogP contribution >= 0.6 is 34.8 Å². The van der Waals surface area contributed by atoms with E-state index in [9.17, 15) is 4.79 Å². The van der Waals surface area contributed by atoms with Gasteiger partial charge in [0.1, 0.15) is 0 Å². The van der Waals surface area contributed by atoms with Crippen LogP contribution in [0, 0.1) is 0 Å². The van der Waals surface area contributed by atoms with Crippen LogP contribution in [-0.2, 0) is 6.54 Å². The second-order valence-electron chi connectivity index (χ2n) is 4.36. The lowest BCUT2D eigenvalue weighted by Gasteiger charge is -2.10. The highest BCUT2D eigenvalue weighted by Crippen LogP contribution is 2.24. The highest BCUT2D eigenvalue weighted by atomic mass is 35.5. The summed E-state index contributed by atoms with van der Waals surface area (Å²) in [5.74, 6) is -0.229. The van der Waals surface area contributed by atoms with Gasteiger partial charge in [-0.25, -0.2) is 0 Å². The predicted octanol–water partition coefficient (Wildman–Crippen LogP) is 4.62.